The maximum atomic E-state index is 2.37. The first-order valence-corrected chi connectivity index (χ1v) is 5.79. The zero-order valence-electron chi connectivity index (χ0n) is 9.98. The van der Waals surface area contributed by atoms with Crippen molar-refractivity contribution in [3.63, 3.8) is 0 Å². The molecule has 1 aliphatic carbocycles. The van der Waals surface area contributed by atoms with Gasteiger partial charge in [-0.25, -0.2) is 0 Å². The van der Waals surface area contributed by atoms with Gasteiger partial charge >= 0.3 is 0 Å². The molecule has 0 nitrogen and oxygen atoms in total. The molecule has 0 aromatic heterocycles. The summed E-state index contributed by atoms with van der Waals surface area (Å²) in [5.41, 5.74) is 0. The van der Waals surface area contributed by atoms with Gasteiger partial charge < -0.3 is 0 Å². The summed E-state index contributed by atoms with van der Waals surface area (Å²) >= 11 is 0. The van der Waals surface area contributed by atoms with Gasteiger partial charge in [0, 0.05) is 0 Å². The van der Waals surface area contributed by atoms with E-state index in [0.717, 1.165) is 11.8 Å². The van der Waals surface area contributed by atoms with E-state index in [1.54, 1.807) is 0 Å². The van der Waals surface area contributed by atoms with Crippen molar-refractivity contribution in [2.75, 3.05) is 0 Å². The van der Waals surface area contributed by atoms with Crippen molar-refractivity contribution in [3.8, 4) is 0 Å². The van der Waals surface area contributed by atoms with Crippen LogP contribution in [0.3, 0.4) is 0 Å². The molecule has 0 heterocycles. The molecule has 0 heteroatoms. The highest BCUT2D eigenvalue weighted by Gasteiger charge is 2.13. The lowest BCUT2D eigenvalue weighted by Gasteiger charge is -2.22. The van der Waals surface area contributed by atoms with Crippen molar-refractivity contribution in [1.29, 1.82) is 0 Å². The molecule has 0 N–H and O–H groups in total. The van der Waals surface area contributed by atoms with E-state index in [9.17, 15) is 0 Å². The fourth-order valence-corrected chi connectivity index (χ4v) is 1.43. The minimum absolute atomic E-state index is 0. The lowest BCUT2D eigenvalue weighted by atomic mass is 9.84. The van der Waals surface area contributed by atoms with E-state index >= 15 is 0 Å². The Kier molecular flexibility index (Phi) is 20.9. The highest BCUT2D eigenvalue weighted by Crippen LogP contribution is 2.27. The van der Waals surface area contributed by atoms with Crippen molar-refractivity contribution in [3.05, 3.63) is 0 Å². The van der Waals surface area contributed by atoms with Crippen LogP contribution in [0.1, 0.15) is 74.7 Å². The first-order valence-electron chi connectivity index (χ1n) is 5.79. The molecule has 0 spiro atoms. The van der Waals surface area contributed by atoms with Crippen molar-refractivity contribution in [2.24, 2.45) is 11.8 Å². The van der Waals surface area contributed by atoms with Gasteiger partial charge in [0.15, 0.2) is 0 Å². The largest absolute Gasteiger partial charge is 0.0776 e. The van der Waals surface area contributed by atoms with Gasteiger partial charge in [0.25, 0.3) is 0 Å². The van der Waals surface area contributed by atoms with Crippen LogP contribution in [0, 0.1) is 11.8 Å². The van der Waals surface area contributed by atoms with Crippen LogP contribution in [0.25, 0.3) is 0 Å². The fourth-order valence-electron chi connectivity index (χ4n) is 1.43. The van der Waals surface area contributed by atoms with Crippen molar-refractivity contribution in [1.82, 2.24) is 0 Å². The molecule has 0 amide bonds. The molecule has 1 rings (SSSR count). The van der Waals surface area contributed by atoms with E-state index in [1.165, 1.54) is 25.7 Å². The summed E-state index contributed by atoms with van der Waals surface area (Å²) in [6.45, 7) is 12.7. The Morgan fingerprint density at radius 3 is 0.923 bits per heavy atom. The fraction of sp³-hybridized carbons (Fsp3) is 1.00. The molecule has 1 saturated carbocycles. The van der Waals surface area contributed by atoms with Gasteiger partial charge in [-0.3, -0.25) is 0 Å². The van der Waals surface area contributed by atoms with Gasteiger partial charge in [0.1, 0.15) is 0 Å². The second kappa shape index (κ2) is 14.5. The molecule has 0 bridgehead atoms. The average Bonchev–Trinajstić information content (AvgIpc) is 2.17. The van der Waals surface area contributed by atoms with Crippen molar-refractivity contribution >= 4 is 0 Å². The summed E-state index contributed by atoms with van der Waals surface area (Å²) in [6.07, 6.45) is 5.89. The van der Waals surface area contributed by atoms with Crippen LogP contribution in [0.2, 0.25) is 0 Å². The average molecular weight is 188 g/mol. The van der Waals surface area contributed by atoms with Gasteiger partial charge in [-0.05, 0) is 11.8 Å². The third-order valence-electron chi connectivity index (χ3n) is 2.30. The number of hydrogen-bond donors (Lipinski definition) is 0. The monoisotopic (exact) mass is 188 g/mol. The second-order valence-electron chi connectivity index (χ2n) is 3.37. The molecular weight excluding hydrogens is 156 g/mol. The van der Waals surface area contributed by atoms with Crippen LogP contribution in [0.4, 0.5) is 0 Å². The summed E-state index contributed by atoms with van der Waals surface area (Å²) in [5.74, 6) is 2.04. The highest BCUT2D eigenvalue weighted by atomic mass is 14.2. The maximum absolute atomic E-state index is 2.37. The normalized spacial score (nSPS) is 25.4. The van der Waals surface area contributed by atoms with Crippen molar-refractivity contribution in [2.45, 2.75) is 74.7 Å². The van der Waals surface area contributed by atoms with Crippen LogP contribution in [0.5, 0.6) is 0 Å². The van der Waals surface area contributed by atoms with Crippen LogP contribution >= 0.6 is 0 Å². The summed E-state index contributed by atoms with van der Waals surface area (Å²) in [6, 6.07) is 0. The van der Waals surface area contributed by atoms with Gasteiger partial charge in [0.05, 0.1) is 0 Å². The van der Waals surface area contributed by atoms with E-state index in [4.69, 9.17) is 0 Å². The smallest absolute Gasteiger partial charge is 0.0443 e. The van der Waals surface area contributed by atoms with E-state index < -0.39 is 0 Å². The Hall–Kier alpha value is 0. The van der Waals surface area contributed by atoms with Gasteiger partial charge in [0.2, 0.25) is 0 Å². The van der Waals surface area contributed by atoms with E-state index in [-0.39, 0.29) is 7.43 Å². The molecule has 0 aromatic carbocycles. The molecule has 0 atom stereocenters. The first kappa shape index (κ1) is 18.7. The number of hydrogen-bond acceptors (Lipinski definition) is 0. The SMILES string of the molecule is C.CC.CC.CC1CCC(C)CC1. The maximum Gasteiger partial charge on any atom is -0.0443 e. The van der Waals surface area contributed by atoms with E-state index in [2.05, 4.69) is 13.8 Å². The minimum atomic E-state index is 0. The summed E-state index contributed by atoms with van der Waals surface area (Å²) in [5, 5.41) is 0. The Morgan fingerprint density at radius 2 is 0.769 bits per heavy atom. The Labute approximate surface area is 87.1 Å². The van der Waals surface area contributed by atoms with Gasteiger partial charge in [-0.1, -0.05) is 74.7 Å². The molecule has 13 heavy (non-hydrogen) atoms. The molecule has 0 unspecified atom stereocenters. The van der Waals surface area contributed by atoms with Crippen LogP contribution in [-0.2, 0) is 0 Å². The van der Waals surface area contributed by atoms with E-state index in [0.29, 0.717) is 0 Å². The van der Waals surface area contributed by atoms with Crippen molar-refractivity contribution < 1.29 is 0 Å². The summed E-state index contributed by atoms with van der Waals surface area (Å²) in [4.78, 5) is 0. The molecule has 84 valence electrons. The Morgan fingerprint density at radius 1 is 0.615 bits per heavy atom. The molecule has 0 aliphatic heterocycles. The highest BCUT2D eigenvalue weighted by molar-refractivity contribution is 4.65. The Balaban J connectivity index is -0.000000178. The predicted molar refractivity (Wildman–Crippen MR) is 66.2 cm³/mol. The lowest BCUT2D eigenvalue weighted by Crippen LogP contribution is -2.08. The van der Waals surface area contributed by atoms with Gasteiger partial charge in [-0.2, -0.15) is 0 Å². The molecule has 1 fully saturated rings. The standard InChI is InChI=1S/C8H16.2C2H6.CH4/c1-7-3-5-8(2)6-4-7;2*1-2;/h7-8H,3-6H2,1-2H3;2*1-2H3;1H4. The molecular formula is C13H32. The van der Waals surface area contributed by atoms with Gasteiger partial charge in [-0.15, -0.1) is 0 Å². The molecule has 1 aliphatic rings. The zero-order chi connectivity index (χ0) is 9.98. The van der Waals surface area contributed by atoms with Crippen LogP contribution in [0.15, 0.2) is 0 Å². The molecule has 0 radical (unpaired) electrons. The summed E-state index contributed by atoms with van der Waals surface area (Å²) in [7, 11) is 0. The molecule has 0 saturated heterocycles. The van der Waals surface area contributed by atoms with Crippen LogP contribution < -0.4 is 0 Å². The summed E-state index contributed by atoms with van der Waals surface area (Å²) < 4.78 is 0. The first-order chi connectivity index (χ1) is 5.79. The second-order valence-corrected chi connectivity index (χ2v) is 3.37. The minimum Gasteiger partial charge on any atom is -0.0776 e. The number of rotatable bonds is 0. The molecule has 0 aromatic rings. The third-order valence-corrected chi connectivity index (χ3v) is 2.30. The topological polar surface area (TPSA) is 0 Å². The van der Waals surface area contributed by atoms with E-state index in [1.807, 2.05) is 27.7 Å². The predicted octanol–water partition coefficient (Wildman–Crippen LogP) is 5.52. The zero-order valence-corrected chi connectivity index (χ0v) is 9.98. The Bertz CT molecular complexity index is 48.4. The lowest BCUT2D eigenvalue weighted by molar-refractivity contribution is 0.308. The van der Waals surface area contributed by atoms with Crippen LogP contribution in [-0.4, -0.2) is 0 Å². The third kappa shape index (κ3) is 12.0. The quantitative estimate of drug-likeness (QED) is 0.469.